The fraction of sp³-hybridized carbons (Fsp3) is 0.500. The van der Waals surface area contributed by atoms with E-state index in [1.165, 1.54) is 0 Å². The van der Waals surface area contributed by atoms with Crippen LogP contribution >= 0.6 is 11.6 Å². The average molecular weight is 225 g/mol. The Morgan fingerprint density at radius 3 is 2.53 bits per heavy atom. The summed E-state index contributed by atoms with van der Waals surface area (Å²) in [6.07, 6.45) is 0. The Balaban J connectivity index is 2.81. The van der Waals surface area contributed by atoms with Gasteiger partial charge in [-0.25, -0.2) is 4.98 Å². The van der Waals surface area contributed by atoms with Crippen molar-refractivity contribution in [2.24, 2.45) is 0 Å². The second-order valence-electron chi connectivity index (χ2n) is 4.59. The molecule has 0 aliphatic heterocycles. The molecule has 0 amide bonds. The Bertz CT molecular complexity index is 510. The molecule has 80 valence electrons. The summed E-state index contributed by atoms with van der Waals surface area (Å²) in [5, 5.41) is 8.73. The molecule has 2 rings (SSSR count). The number of aryl methyl sites for hydroxylation is 1. The third kappa shape index (κ3) is 1.69. The van der Waals surface area contributed by atoms with Crippen molar-refractivity contribution in [3.05, 3.63) is 22.9 Å². The number of rotatable bonds is 0. The highest BCUT2D eigenvalue weighted by molar-refractivity contribution is 6.29. The van der Waals surface area contributed by atoms with Gasteiger partial charge in [0.25, 0.3) is 0 Å². The zero-order valence-corrected chi connectivity index (χ0v) is 10.0. The zero-order valence-electron chi connectivity index (χ0n) is 9.24. The van der Waals surface area contributed by atoms with Gasteiger partial charge in [0.2, 0.25) is 0 Å². The minimum Gasteiger partial charge on any atom is -0.266 e. The lowest BCUT2D eigenvalue weighted by molar-refractivity contribution is 0.535. The standard InChI is InChI=1S/C10H13ClN4/c1-6-12-7(11)5-8-13-14-9(15(6)8)10(2,3)4/h5H,1-4H3. The van der Waals surface area contributed by atoms with Gasteiger partial charge >= 0.3 is 0 Å². The van der Waals surface area contributed by atoms with Gasteiger partial charge in [-0.05, 0) is 6.92 Å². The third-order valence-electron chi connectivity index (χ3n) is 2.20. The number of hydrogen-bond acceptors (Lipinski definition) is 3. The highest BCUT2D eigenvalue weighted by atomic mass is 35.5. The van der Waals surface area contributed by atoms with Crippen LogP contribution in [0.3, 0.4) is 0 Å². The summed E-state index contributed by atoms with van der Waals surface area (Å²) in [5.41, 5.74) is 0.692. The van der Waals surface area contributed by atoms with E-state index in [0.717, 1.165) is 17.3 Å². The molecule has 0 fully saturated rings. The van der Waals surface area contributed by atoms with Crippen molar-refractivity contribution in [2.45, 2.75) is 33.1 Å². The van der Waals surface area contributed by atoms with E-state index in [-0.39, 0.29) is 5.41 Å². The van der Waals surface area contributed by atoms with Gasteiger partial charge in [0, 0.05) is 11.5 Å². The lowest BCUT2D eigenvalue weighted by atomic mass is 9.96. The number of halogens is 1. The SMILES string of the molecule is Cc1nc(Cl)cc2nnc(C(C)(C)C)n12. The summed E-state index contributed by atoms with van der Waals surface area (Å²) in [6, 6.07) is 1.72. The Morgan fingerprint density at radius 1 is 1.27 bits per heavy atom. The van der Waals surface area contributed by atoms with Gasteiger partial charge in [0.05, 0.1) is 0 Å². The molecule has 0 aromatic carbocycles. The van der Waals surface area contributed by atoms with Crippen molar-refractivity contribution in [1.82, 2.24) is 19.6 Å². The Kier molecular flexibility index (Phi) is 2.19. The summed E-state index contributed by atoms with van der Waals surface area (Å²) in [7, 11) is 0. The molecule has 0 radical (unpaired) electrons. The summed E-state index contributed by atoms with van der Waals surface area (Å²) in [6.45, 7) is 8.18. The largest absolute Gasteiger partial charge is 0.266 e. The lowest BCUT2D eigenvalue weighted by Crippen LogP contribution is -2.17. The second kappa shape index (κ2) is 3.17. The van der Waals surface area contributed by atoms with Crippen LogP contribution in [0.15, 0.2) is 6.07 Å². The fourth-order valence-electron chi connectivity index (χ4n) is 1.54. The van der Waals surface area contributed by atoms with Gasteiger partial charge < -0.3 is 0 Å². The monoisotopic (exact) mass is 224 g/mol. The van der Waals surface area contributed by atoms with E-state index >= 15 is 0 Å². The van der Waals surface area contributed by atoms with Gasteiger partial charge in [-0.3, -0.25) is 4.40 Å². The van der Waals surface area contributed by atoms with Crippen molar-refractivity contribution >= 4 is 17.2 Å². The maximum Gasteiger partial charge on any atom is 0.165 e. The van der Waals surface area contributed by atoms with E-state index in [1.54, 1.807) is 6.07 Å². The van der Waals surface area contributed by atoms with Gasteiger partial charge in [-0.2, -0.15) is 0 Å². The van der Waals surface area contributed by atoms with Crippen LogP contribution in [0.5, 0.6) is 0 Å². The molecule has 0 saturated carbocycles. The molecule has 0 aliphatic rings. The van der Waals surface area contributed by atoms with E-state index < -0.39 is 0 Å². The quantitative estimate of drug-likeness (QED) is 0.646. The zero-order chi connectivity index (χ0) is 11.2. The van der Waals surface area contributed by atoms with Crippen LogP contribution in [0.1, 0.15) is 32.4 Å². The molecular formula is C10H13ClN4. The summed E-state index contributed by atoms with van der Waals surface area (Å²) in [4.78, 5) is 4.20. The molecule has 0 atom stereocenters. The number of fused-ring (bicyclic) bond motifs is 1. The molecule has 4 nitrogen and oxygen atoms in total. The van der Waals surface area contributed by atoms with E-state index in [1.807, 2.05) is 11.3 Å². The Labute approximate surface area is 93.3 Å². The molecule has 0 bridgehead atoms. The van der Waals surface area contributed by atoms with Crippen molar-refractivity contribution in [3.63, 3.8) is 0 Å². The summed E-state index contributed by atoms with van der Waals surface area (Å²) >= 11 is 5.86. The number of hydrogen-bond donors (Lipinski definition) is 0. The summed E-state index contributed by atoms with van der Waals surface area (Å²) < 4.78 is 1.94. The van der Waals surface area contributed by atoms with Gasteiger partial charge in [-0.1, -0.05) is 32.4 Å². The van der Waals surface area contributed by atoms with E-state index in [0.29, 0.717) is 5.15 Å². The Hall–Kier alpha value is -1.16. The number of aromatic nitrogens is 4. The number of nitrogens with zero attached hydrogens (tertiary/aromatic N) is 4. The Morgan fingerprint density at radius 2 is 1.93 bits per heavy atom. The molecule has 2 aromatic rings. The topological polar surface area (TPSA) is 43.1 Å². The van der Waals surface area contributed by atoms with E-state index in [9.17, 15) is 0 Å². The van der Waals surface area contributed by atoms with Crippen LogP contribution in [-0.2, 0) is 5.41 Å². The predicted octanol–water partition coefficient (Wildman–Crippen LogP) is 2.38. The lowest BCUT2D eigenvalue weighted by Gasteiger charge is -2.16. The maximum atomic E-state index is 5.86. The van der Waals surface area contributed by atoms with Crippen molar-refractivity contribution < 1.29 is 0 Å². The third-order valence-corrected chi connectivity index (χ3v) is 2.39. The highest BCUT2D eigenvalue weighted by Gasteiger charge is 2.22. The fourth-order valence-corrected chi connectivity index (χ4v) is 1.76. The van der Waals surface area contributed by atoms with Crippen molar-refractivity contribution in [2.75, 3.05) is 0 Å². The minimum absolute atomic E-state index is 0.0559. The summed E-state index contributed by atoms with van der Waals surface area (Å²) in [5.74, 6) is 1.71. The molecule has 0 spiro atoms. The molecule has 0 N–H and O–H groups in total. The highest BCUT2D eigenvalue weighted by Crippen LogP contribution is 2.22. The first-order valence-corrected chi connectivity index (χ1v) is 5.16. The molecule has 0 aliphatic carbocycles. The van der Waals surface area contributed by atoms with Crippen molar-refractivity contribution in [1.29, 1.82) is 0 Å². The smallest absolute Gasteiger partial charge is 0.165 e. The molecule has 0 unspecified atom stereocenters. The maximum absolute atomic E-state index is 5.86. The minimum atomic E-state index is -0.0559. The van der Waals surface area contributed by atoms with Gasteiger partial charge in [-0.15, -0.1) is 10.2 Å². The van der Waals surface area contributed by atoms with Crippen LogP contribution in [0, 0.1) is 6.92 Å². The first kappa shape index (κ1) is 10.4. The van der Waals surface area contributed by atoms with E-state index in [4.69, 9.17) is 11.6 Å². The molecule has 5 heteroatoms. The first-order valence-electron chi connectivity index (χ1n) is 4.78. The van der Waals surface area contributed by atoms with Gasteiger partial charge in [0.1, 0.15) is 16.8 Å². The molecule has 2 aromatic heterocycles. The van der Waals surface area contributed by atoms with Crippen LogP contribution in [0.25, 0.3) is 5.65 Å². The van der Waals surface area contributed by atoms with Crippen LogP contribution in [0.4, 0.5) is 0 Å². The van der Waals surface area contributed by atoms with Crippen LogP contribution in [-0.4, -0.2) is 19.6 Å². The van der Waals surface area contributed by atoms with E-state index in [2.05, 4.69) is 36.0 Å². The average Bonchev–Trinajstić information content (AvgIpc) is 2.45. The van der Waals surface area contributed by atoms with Gasteiger partial charge in [0.15, 0.2) is 5.65 Å². The van der Waals surface area contributed by atoms with Crippen molar-refractivity contribution in [3.8, 4) is 0 Å². The predicted molar refractivity (Wildman–Crippen MR) is 59.2 cm³/mol. The second-order valence-corrected chi connectivity index (χ2v) is 4.98. The molecule has 15 heavy (non-hydrogen) atoms. The molecule has 2 heterocycles. The first-order chi connectivity index (χ1) is 6.89. The normalized spacial score (nSPS) is 12.3. The van der Waals surface area contributed by atoms with Crippen LogP contribution in [0.2, 0.25) is 5.15 Å². The molecule has 0 saturated heterocycles. The van der Waals surface area contributed by atoms with Crippen LogP contribution < -0.4 is 0 Å². The molecular weight excluding hydrogens is 212 g/mol.